The number of aliphatic hydroxyl groups excluding tert-OH is 2. The quantitative estimate of drug-likeness (QED) is 0.0169. The lowest BCUT2D eigenvalue weighted by atomic mass is 9.87. The standard InChI is InChI=1S/C53H96N7O18P3S/c1-4-5-6-7-8-9-10-11-12-13-14-15-16-17-18-19-20-21-22-23-24-25-26-27-28-29-30-31-41(61)36-44(63)82-35-34-55-43(62)32-33-56-51(66)48(65)53(2,3)38-75-81(72,73)78-80(70,71)74-37-42-47(77-79(67,68)69)46(64)52(76-42)60-40-59-45-49(54)57-39-58-50(45)60/h39-40,42,46-48,52,64-65H,4-38H2,1-3H3,(H,55,62)(H,56,66)(H,70,71)(H,72,73)(H2,54,57,58)(H2,67,68,69)/t42-,46-,47-,48+,52-/m1/s1. The van der Waals surface area contributed by atoms with Crippen LogP contribution >= 0.6 is 35.2 Å². The third-order valence-corrected chi connectivity index (χ3v) is 18.1. The summed E-state index contributed by atoms with van der Waals surface area (Å²) in [5.74, 6) is -1.38. The first-order chi connectivity index (χ1) is 38.9. The molecule has 1 fully saturated rings. The maximum Gasteiger partial charge on any atom is 0.481 e. The summed E-state index contributed by atoms with van der Waals surface area (Å²) in [4.78, 5) is 101. The van der Waals surface area contributed by atoms with E-state index >= 15 is 0 Å². The number of fused-ring (bicyclic) bond motifs is 1. The average Bonchev–Trinajstić information content (AvgIpc) is 4.16. The molecule has 25 nitrogen and oxygen atoms in total. The Morgan fingerprint density at radius 2 is 1.22 bits per heavy atom. The number of ketones is 1. The Balaban J connectivity index is 1.16. The summed E-state index contributed by atoms with van der Waals surface area (Å²) in [5.41, 5.74) is 4.26. The molecule has 1 saturated heterocycles. The van der Waals surface area contributed by atoms with Crippen molar-refractivity contribution in [2.24, 2.45) is 5.41 Å². The number of phosphoric ester groups is 3. The molecular weight excluding hydrogens is 1150 g/mol. The molecule has 2 unspecified atom stereocenters. The Hall–Kier alpha value is -2.77. The number of rotatable bonds is 49. The lowest BCUT2D eigenvalue weighted by molar-refractivity contribution is -0.137. The number of Topliss-reactive ketones (excluding diaryl/α,β-unsaturated/α-hetero) is 1. The van der Waals surface area contributed by atoms with E-state index in [4.69, 9.17) is 19.5 Å². The number of amides is 2. The van der Waals surface area contributed by atoms with Gasteiger partial charge in [0.05, 0.1) is 26.0 Å². The number of nitrogen functional groups attached to an aromatic ring is 1. The van der Waals surface area contributed by atoms with Crippen LogP contribution in [0.25, 0.3) is 11.2 Å². The van der Waals surface area contributed by atoms with Gasteiger partial charge in [0.15, 0.2) is 22.8 Å². The summed E-state index contributed by atoms with van der Waals surface area (Å²) >= 11 is 0.948. The lowest BCUT2D eigenvalue weighted by Gasteiger charge is -2.30. The van der Waals surface area contributed by atoms with Gasteiger partial charge in [-0.1, -0.05) is 199 Å². The third kappa shape index (κ3) is 31.0. The zero-order chi connectivity index (χ0) is 60.4. The number of imidazole rings is 1. The molecule has 2 aromatic rings. The van der Waals surface area contributed by atoms with Crippen LogP contribution in [-0.4, -0.2) is 128 Å². The first-order valence-electron chi connectivity index (χ1n) is 29.5. The minimum atomic E-state index is -5.60. The van der Waals surface area contributed by atoms with Gasteiger partial charge >= 0.3 is 23.5 Å². The van der Waals surface area contributed by atoms with Crippen molar-refractivity contribution >= 4 is 74.9 Å². The van der Waals surface area contributed by atoms with Crippen LogP contribution in [0.5, 0.6) is 0 Å². The van der Waals surface area contributed by atoms with Crippen LogP contribution in [0.4, 0.5) is 5.82 Å². The van der Waals surface area contributed by atoms with Crippen LogP contribution in [0.1, 0.15) is 220 Å². The highest BCUT2D eigenvalue weighted by Gasteiger charge is 2.50. The fourth-order valence-corrected chi connectivity index (χ4v) is 12.9. The van der Waals surface area contributed by atoms with Gasteiger partial charge in [0.2, 0.25) is 11.8 Å². The van der Waals surface area contributed by atoms with Crippen molar-refractivity contribution in [3.63, 3.8) is 0 Å². The number of aromatic nitrogens is 4. The molecule has 10 N–H and O–H groups in total. The van der Waals surface area contributed by atoms with Crippen molar-refractivity contribution in [1.82, 2.24) is 30.2 Å². The molecule has 29 heteroatoms. The summed E-state index contributed by atoms with van der Waals surface area (Å²) in [7, 11) is -16.5. The topological polar surface area (TPSA) is 381 Å². The Morgan fingerprint density at radius 3 is 1.73 bits per heavy atom. The summed E-state index contributed by atoms with van der Waals surface area (Å²) in [6.07, 6.45) is 28.8. The summed E-state index contributed by atoms with van der Waals surface area (Å²) in [6.45, 7) is 2.64. The molecule has 0 aromatic carbocycles. The number of nitrogens with two attached hydrogens (primary N) is 1. The lowest BCUT2D eigenvalue weighted by Crippen LogP contribution is -2.46. The molecule has 472 valence electrons. The second-order valence-corrected chi connectivity index (χ2v) is 27.3. The van der Waals surface area contributed by atoms with Gasteiger partial charge < -0.3 is 50.9 Å². The molecule has 7 atom stereocenters. The van der Waals surface area contributed by atoms with Crippen LogP contribution in [0.2, 0.25) is 0 Å². The van der Waals surface area contributed by atoms with E-state index in [0.29, 0.717) is 6.42 Å². The van der Waals surface area contributed by atoms with E-state index in [2.05, 4.69) is 41.3 Å². The number of anilines is 1. The molecule has 0 spiro atoms. The van der Waals surface area contributed by atoms with Crippen LogP contribution in [0.15, 0.2) is 12.7 Å². The maximum absolute atomic E-state index is 12.8. The number of hydrogen-bond acceptors (Lipinski definition) is 19. The van der Waals surface area contributed by atoms with E-state index in [-0.39, 0.29) is 59.6 Å². The molecule has 2 amide bonds. The predicted octanol–water partition coefficient (Wildman–Crippen LogP) is 9.57. The zero-order valence-electron chi connectivity index (χ0n) is 48.5. The fourth-order valence-electron chi connectivity index (χ4n) is 9.41. The number of phosphoric acid groups is 3. The number of carbonyl (C=O) groups excluding carboxylic acids is 4. The maximum atomic E-state index is 12.8. The molecule has 0 bridgehead atoms. The van der Waals surface area contributed by atoms with E-state index in [1.165, 1.54) is 162 Å². The van der Waals surface area contributed by atoms with E-state index in [1.807, 2.05) is 0 Å². The monoisotopic (exact) mass is 1240 g/mol. The van der Waals surface area contributed by atoms with Crippen molar-refractivity contribution in [2.75, 3.05) is 37.8 Å². The minimum absolute atomic E-state index is 0.0276. The minimum Gasteiger partial charge on any atom is -0.386 e. The zero-order valence-corrected chi connectivity index (χ0v) is 52.0. The molecule has 0 radical (unpaired) electrons. The largest absolute Gasteiger partial charge is 0.481 e. The summed E-state index contributed by atoms with van der Waals surface area (Å²) in [5, 5.41) is 26.3. The van der Waals surface area contributed by atoms with Gasteiger partial charge in [-0.15, -0.1) is 0 Å². The number of carbonyl (C=O) groups is 4. The summed E-state index contributed by atoms with van der Waals surface area (Å²) in [6, 6.07) is 0. The second-order valence-electron chi connectivity index (χ2n) is 21.9. The highest BCUT2D eigenvalue weighted by atomic mass is 32.2. The Bertz CT molecular complexity index is 2330. The van der Waals surface area contributed by atoms with Crippen molar-refractivity contribution in [2.45, 2.75) is 244 Å². The SMILES string of the molecule is CCCCCCCCCCCCCCCCCCCCCCCCCCCCCC(=O)CC(=O)SCCNC(=O)CCNC(=O)[C@H](O)C(C)(C)COP(=O)(O)OP(=O)(O)OC[C@H]1O[C@@H](n2cnc3c(N)ncnc32)[C@H](O)[C@@H]1OP(=O)(O)O. The van der Waals surface area contributed by atoms with Crippen LogP contribution in [-0.2, 0) is 55.5 Å². The van der Waals surface area contributed by atoms with Gasteiger partial charge in [-0.3, -0.25) is 37.3 Å². The van der Waals surface area contributed by atoms with E-state index < -0.39 is 84.6 Å². The number of nitrogens with zero attached hydrogens (tertiary/aromatic N) is 4. The van der Waals surface area contributed by atoms with Gasteiger partial charge in [0, 0.05) is 37.1 Å². The molecular formula is C53H96N7O18P3S. The molecule has 3 rings (SSSR count). The first-order valence-corrected chi connectivity index (χ1v) is 35.0. The van der Waals surface area contributed by atoms with Crippen molar-refractivity contribution in [3.8, 4) is 0 Å². The van der Waals surface area contributed by atoms with Crippen molar-refractivity contribution in [3.05, 3.63) is 12.7 Å². The first kappa shape index (κ1) is 73.5. The van der Waals surface area contributed by atoms with Gasteiger partial charge in [0.25, 0.3) is 0 Å². The van der Waals surface area contributed by atoms with Crippen molar-refractivity contribution in [1.29, 1.82) is 0 Å². The molecule has 0 saturated carbocycles. The number of unbranched alkanes of at least 4 members (excludes halogenated alkanes) is 26. The van der Waals surface area contributed by atoms with Crippen LogP contribution in [0.3, 0.4) is 0 Å². The fraction of sp³-hybridized carbons (Fsp3) is 0.830. The van der Waals surface area contributed by atoms with Crippen LogP contribution < -0.4 is 16.4 Å². The van der Waals surface area contributed by atoms with Gasteiger partial charge in [-0.25, -0.2) is 28.6 Å². The number of thioether (sulfide) groups is 1. The molecule has 0 aliphatic carbocycles. The number of hydrogen-bond donors (Lipinski definition) is 9. The Labute approximate surface area is 488 Å². The molecule has 2 aromatic heterocycles. The highest BCUT2D eigenvalue weighted by molar-refractivity contribution is 8.13. The van der Waals surface area contributed by atoms with Gasteiger partial charge in [-0.2, -0.15) is 4.31 Å². The van der Waals surface area contributed by atoms with Gasteiger partial charge in [-0.05, 0) is 6.42 Å². The molecule has 1 aliphatic heterocycles. The number of nitrogens with one attached hydrogen (secondary N) is 2. The highest BCUT2D eigenvalue weighted by Crippen LogP contribution is 2.61. The van der Waals surface area contributed by atoms with Gasteiger partial charge in [0.1, 0.15) is 42.0 Å². The van der Waals surface area contributed by atoms with E-state index in [9.17, 15) is 62.7 Å². The number of aliphatic hydroxyl groups is 2. The van der Waals surface area contributed by atoms with Crippen molar-refractivity contribution < 1.29 is 85.3 Å². The normalized spacial score (nSPS) is 18.5. The Morgan fingerprint density at radius 1 is 0.720 bits per heavy atom. The predicted molar refractivity (Wildman–Crippen MR) is 312 cm³/mol. The molecule has 82 heavy (non-hydrogen) atoms. The van der Waals surface area contributed by atoms with E-state index in [0.717, 1.165) is 54.7 Å². The third-order valence-electron chi connectivity index (χ3n) is 14.2. The van der Waals surface area contributed by atoms with E-state index in [1.54, 1.807) is 0 Å². The Kier molecular flexibility index (Phi) is 35.7. The number of ether oxygens (including phenoxy) is 1. The smallest absolute Gasteiger partial charge is 0.386 e. The van der Waals surface area contributed by atoms with Crippen LogP contribution in [0, 0.1) is 5.41 Å². The summed E-state index contributed by atoms with van der Waals surface area (Å²) < 4.78 is 62.6. The second kappa shape index (κ2) is 39.8. The molecule has 3 heterocycles. The average molecular weight is 1240 g/mol. The molecule has 1 aliphatic rings.